The van der Waals surface area contributed by atoms with Gasteiger partial charge in [-0.15, -0.1) is 0 Å². The van der Waals surface area contributed by atoms with E-state index in [9.17, 15) is 9.90 Å². The molecule has 0 saturated heterocycles. The number of aromatic nitrogens is 2. The van der Waals surface area contributed by atoms with Crippen LogP contribution in [-0.2, 0) is 13.0 Å². The van der Waals surface area contributed by atoms with E-state index >= 15 is 0 Å². The van der Waals surface area contributed by atoms with Crippen molar-refractivity contribution in [3.05, 3.63) is 71.5 Å². The average Bonchev–Trinajstić information content (AvgIpc) is 3.30. The number of benzene rings is 2. The second-order valence-electron chi connectivity index (χ2n) is 9.74. The molecule has 1 aliphatic rings. The second kappa shape index (κ2) is 9.76. The molecule has 0 fully saturated rings. The van der Waals surface area contributed by atoms with Crippen LogP contribution in [0.3, 0.4) is 0 Å². The van der Waals surface area contributed by atoms with Crippen molar-refractivity contribution < 1.29 is 14.6 Å². The Morgan fingerprint density at radius 1 is 1.19 bits per heavy atom. The number of pyridine rings is 1. The number of methoxy groups -OCH3 is 1. The number of nitrogens with one attached hydrogen (secondary N) is 1. The molecule has 1 amide bonds. The van der Waals surface area contributed by atoms with Crippen LogP contribution < -0.4 is 4.74 Å². The molecule has 0 aliphatic carbocycles. The topological polar surface area (TPSA) is 81.7 Å². The number of aromatic amines is 1. The fourth-order valence-electron chi connectivity index (χ4n) is 5.01. The first-order valence-corrected chi connectivity index (χ1v) is 12.2. The summed E-state index contributed by atoms with van der Waals surface area (Å²) in [7, 11) is 5.57. The molecule has 0 bridgehead atoms. The Morgan fingerprint density at radius 3 is 2.69 bits per heavy atom. The summed E-state index contributed by atoms with van der Waals surface area (Å²) >= 11 is 0. The number of fused-ring (bicyclic) bond motifs is 2. The third-order valence-electron chi connectivity index (χ3n) is 6.90. The summed E-state index contributed by atoms with van der Waals surface area (Å²) in [6.07, 6.45) is 4.29. The number of aliphatic hydroxyl groups excluding tert-OH is 1. The van der Waals surface area contributed by atoms with Gasteiger partial charge in [-0.3, -0.25) is 4.79 Å². The quantitative estimate of drug-likeness (QED) is 0.425. The smallest absolute Gasteiger partial charge is 0.253 e. The molecule has 0 saturated carbocycles. The van der Waals surface area contributed by atoms with Crippen molar-refractivity contribution in [3.63, 3.8) is 0 Å². The SMILES string of the molecule is COc1cc(-c2cnc3[nH]cc(-c4ccc(C(=O)N(C)CC(C)O)cc4)c3c2)cc2c1CN(C)CC2. The molecular weight excluding hydrogens is 452 g/mol. The molecule has 0 spiro atoms. The van der Waals surface area contributed by atoms with Crippen molar-refractivity contribution in [1.82, 2.24) is 19.8 Å². The van der Waals surface area contributed by atoms with E-state index in [4.69, 9.17) is 9.72 Å². The van der Waals surface area contributed by atoms with Crippen LogP contribution >= 0.6 is 0 Å². The molecular formula is C29H32N4O3. The van der Waals surface area contributed by atoms with Crippen LogP contribution in [0.15, 0.2) is 54.9 Å². The van der Waals surface area contributed by atoms with Gasteiger partial charge in [0.1, 0.15) is 11.4 Å². The van der Waals surface area contributed by atoms with E-state index in [2.05, 4.69) is 35.1 Å². The van der Waals surface area contributed by atoms with Gasteiger partial charge in [0.15, 0.2) is 0 Å². The van der Waals surface area contributed by atoms with Crippen LogP contribution in [0, 0.1) is 0 Å². The van der Waals surface area contributed by atoms with Gasteiger partial charge in [-0.25, -0.2) is 4.98 Å². The van der Waals surface area contributed by atoms with Gasteiger partial charge in [0.05, 0.1) is 13.2 Å². The van der Waals surface area contributed by atoms with E-state index in [-0.39, 0.29) is 5.91 Å². The number of carbonyl (C=O) groups excluding carboxylic acids is 1. The van der Waals surface area contributed by atoms with Gasteiger partial charge in [0.25, 0.3) is 5.91 Å². The lowest BCUT2D eigenvalue weighted by molar-refractivity contribution is 0.0703. The second-order valence-corrected chi connectivity index (χ2v) is 9.74. The number of rotatable bonds is 6. The summed E-state index contributed by atoms with van der Waals surface area (Å²) in [6.45, 7) is 3.89. The maximum absolute atomic E-state index is 12.7. The Balaban J connectivity index is 1.48. The summed E-state index contributed by atoms with van der Waals surface area (Å²) < 4.78 is 5.76. The van der Waals surface area contributed by atoms with Crippen LogP contribution in [0.1, 0.15) is 28.4 Å². The normalized spacial score (nSPS) is 14.5. The minimum Gasteiger partial charge on any atom is -0.496 e. The summed E-state index contributed by atoms with van der Waals surface area (Å²) in [5.74, 6) is 0.808. The van der Waals surface area contributed by atoms with E-state index in [0.717, 1.165) is 58.5 Å². The fourth-order valence-corrected chi connectivity index (χ4v) is 5.01. The standard InChI is InChI=1S/C29H32N4O3/c1-18(34)16-33(3)29(35)20-7-5-19(6-8-20)25-15-31-28-24(25)12-23(14-30-28)22-11-21-9-10-32(2)17-26(21)27(13-22)36-4/h5-8,11-15,18,34H,9-10,16-17H2,1-4H3,(H,30,31). The van der Waals surface area contributed by atoms with Gasteiger partial charge in [0, 0.05) is 66.7 Å². The number of ether oxygens (including phenoxy) is 1. The molecule has 36 heavy (non-hydrogen) atoms. The number of H-pyrrole nitrogens is 1. The third kappa shape index (κ3) is 4.59. The Bertz CT molecular complexity index is 1390. The first-order chi connectivity index (χ1) is 17.3. The van der Waals surface area contributed by atoms with Crippen molar-refractivity contribution in [2.45, 2.75) is 26.0 Å². The molecule has 2 N–H and O–H groups in total. The summed E-state index contributed by atoms with van der Waals surface area (Å²) in [4.78, 5) is 24.5. The highest BCUT2D eigenvalue weighted by atomic mass is 16.5. The lowest BCUT2D eigenvalue weighted by Gasteiger charge is -2.27. The number of hydrogen-bond donors (Lipinski definition) is 2. The van der Waals surface area contributed by atoms with Crippen LogP contribution in [0.2, 0.25) is 0 Å². The largest absolute Gasteiger partial charge is 0.496 e. The third-order valence-corrected chi connectivity index (χ3v) is 6.90. The Kier molecular flexibility index (Phi) is 6.51. The van der Waals surface area contributed by atoms with Gasteiger partial charge in [-0.1, -0.05) is 18.2 Å². The molecule has 1 unspecified atom stereocenters. The zero-order chi connectivity index (χ0) is 25.4. The van der Waals surface area contributed by atoms with Gasteiger partial charge in [0.2, 0.25) is 0 Å². The Hall–Kier alpha value is -3.68. The van der Waals surface area contributed by atoms with Gasteiger partial charge in [-0.05, 0) is 61.3 Å². The average molecular weight is 485 g/mol. The molecule has 7 heteroatoms. The maximum Gasteiger partial charge on any atom is 0.253 e. The van der Waals surface area contributed by atoms with Crippen LogP contribution in [0.5, 0.6) is 5.75 Å². The monoisotopic (exact) mass is 484 g/mol. The lowest BCUT2D eigenvalue weighted by atomic mass is 9.93. The molecule has 7 nitrogen and oxygen atoms in total. The summed E-state index contributed by atoms with van der Waals surface area (Å²) in [5, 5.41) is 10.6. The molecule has 5 rings (SSSR count). The number of likely N-dealkylation sites (N-methyl/N-ethyl adjacent to an activating group) is 2. The van der Waals surface area contributed by atoms with Gasteiger partial charge < -0.3 is 24.6 Å². The summed E-state index contributed by atoms with van der Waals surface area (Å²) in [5.41, 5.74) is 8.17. The van der Waals surface area contributed by atoms with Gasteiger partial charge in [-0.2, -0.15) is 0 Å². The highest BCUT2D eigenvalue weighted by molar-refractivity contribution is 5.98. The number of carbonyl (C=O) groups is 1. The minimum absolute atomic E-state index is 0.113. The van der Waals surface area contributed by atoms with E-state index in [1.54, 1.807) is 21.1 Å². The van der Waals surface area contributed by atoms with Crippen LogP contribution in [-0.4, -0.2) is 71.2 Å². The Morgan fingerprint density at radius 2 is 1.97 bits per heavy atom. The lowest BCUT2D eigenvalue weighted by Crippen LogP contribution is -2.32. The zero-order valence-corrected chi connectivity index (χ0v) is 21.2. The molecule has 2 aromatic carbocycles. The molecule has 3 heterocycles. The fraction of sp³-hybridized carbons (Fsp3) is 0.310. The van der Waals surface area contributed by atoms with Crippen molar-refractivity contribution in [2.75, 3.05) is 34.3 Å². The van der Waals surface area contributed by atoms with Crippen molar-refractivity contribution in [3.8, 4) is 28.0 Å². The Labute approximate surface area is 211 Å². The molecule has 1 aliphatic heterocycles. The van der Waals surface area contributed by atoms with E-state index < -0.39 is 6.10 Å². The van der Waals surface area contributed by atoms with E-state index in [1.165, 1.54) is 16.0 Å². The van der Waals surface area contributed by atoms with Crippen LogP contribution in [0.4, 0.5) is 0 Å². The molecule has 4 aromatic rings. The maximum atomic E-state index is 12.7. The number of amides is 1. The predicted octanol–water partition coefficient (Wildman–Crippen LogP) is 4.35. The van der Waals surface area contributed by atoms with Crippen molar-refractivity contribution in [2.24, 2.45) is 0 Å². The zero-order valence-electron chi connectivity index (χ0n) is 21.2. The number of nitrogens with zero attached hydrogens (tertiary/aromatic N) is 3. The highest BCUT2D eigenvalue weighted by Crippen LogP contribution is 2.36. The molecule has 186 valence electrons. The van der Waals surface area contributed by atoms with Gasteiger partial charge >= 0.3 is 0 Å². The van der Waals surface area contributed by atoms with E-state index in [1.807, 2.05) is 36.7 Å². The molecule has 0 radical (unpaired) electrons. The van der Waals surface area contributed by atoms with Crippen molar-refractivity contribution >= 4 is 16.9 Å². The predicted molar refractivity (Wildman–Crippen MR) is 142 cm³/mol. The van der Waals surface area contributed by atoms with Crippen molar-refractivity contribution in [1.29, 1.82) is 0 Å². The number of aliphatic hydroxyl groups is 1. The number of hydrogen-bond acceptors (Lipinski definition) is 5. The minimum atomic E-state index is -0.567. The summed E-state index contributed by atoms with van der Waals surface area (Å²) in [6, 6.07) is 14.1. The molecule has 1 atom stereocenters. The first-order valence-electron chi connectivity index (χ1n) is 12.2. The first kappa shape index (κ1) is 24.0. The van der Waals surface area contributed by atoms with Crippen LogP contribution in [0.25, 0.3) is 33.3 Å². The highest BCUT2D eigenvalue weighted by Gasteiger charge is 2.20. The molecule has 2 aromatic heterocycles. The van der Waals surface area contributed by atoms with E-state index in [0.29, 0.717) is 12.1 Å².